The van der Waals surface area contributed by atoms with Crippen LogP contribution in [0, 0.1) is 5.92 Å². The fourth-order valence-corrected chi connectivity index (χ4v) is 4.04. The summed E-state index contributed by atoms with van der Waals surface area (Å²) in [5, 5.41) is 9.39. The summed E-state index contributed by atoms with van der Waals surface area (Å²) in [7, 11) is 3.44. The Hall–Kier alpha value is -2.80. The lowest BCUT2D eigenvalue weighted by atomic mass is 9.95. The maximum absolute atomic E-state index is 12.9. The van der Waals surface area contributed by atoms with Crippen molar-refractivity contribution in [2.75, 3.05) is 20.8 Å². The zero-order chi connectivity index (χ0) is 18.8. The number of thiophene rings is 1. The second kappa shape index (κ2) is 7.44. The predicted molar refractivity (Wildman–Crippen MR) is 104 cm³/mol. The fraction of sp³-hybridized carbons (Fsp3) is 0.300. The van der Waals surface area contributed by atoms with Crippen molar-refractivity contribution in [3.8, 4) is 22.1 Å². The molecule has 2 aromatic heterocycles. The number of methoxy groups -OCH3 is 1. The van der Waals surface area contributed by atoms with E-state index in [1.54, 1.807) is 23.3 Å². The Labute approximate surface area is 161 Å². The van der Waals surface area contributed by atoms with Crippen LogP contribution in [0.4, 0.5) is 0 Å². The van der Waals surface area contributed by atoms with Crippen LogP contribution in [0.5, 0.6) is 11.5 Å². The van der Waals surface area contributed by atoms with Gasteiger partial charge in [-0.05, 0) is 35.6 Å². The number of amides is 1. The summed E-state index contributed by atoms with van der Waals surface area (Å²) in [5.41, 5.74) is 2.82. The summed E-state index contributed by atoms with van der Waals surface area (Å²) >= 11 is 1.64. The lowest BCUT2D eigenvalue weighted by Crippen LogP contribution is -2.38. The highest BCUT2D eigenvalue weighted by Gasteiger charge is 2.30. The van der Waals surface area contributed by atoms with E-state index in [1.807, 2.05) is 48.8 Å². The summed E-state index contributed by atoms with van der Waals surface area (Å²) in [6.45, 7) is 0.846. The molecular weight excluding hydrogens is 362 g/mol. The molecule has 3 aromatic rings. The molecule has 1 aliphatic heterocycles. The molecule has 0 saturated heterocycles. The number of aromatic amines is 1. The highest BCUT2D eigenvalue weighted by atomic mass is 32.1. The highest BCUT2D eigenvalue weighted by Crippen LogP contribution is 2.36. The fourth-order valence-electron chi connectivity index (χ4n) is 3.35. The largest absolute Gasteiger partial charge is 0.493 e. The topological polar surface area (TPSA) is 67.5 Å². The number of carbonyl (C=O) groups excluding carboxylic acids is 1. The van der Waals surface area contributed by atoms with Gasteiger partial charge in [-0.15, -0.1) is 11.3 Å². The van der Waals surface area contributed by atoms with Crippen LogP contribution in [0.1, 0.15) is 11.3 Å². The summed E-state index contributed by atoms with van der Waals surface area (Å²) in [4.78, 5) is 15.7. The second-order valence-corrected chi connectivity index (χ2v) is 7.56. The molecule has 27 heavy (non-hydrogen) atoms. The number of hydrogen-bond donors (Lipinski definition) is 1. The predicted octanol–water partition coefficient (Wildman–Crippen LogP) is 3.36. The molecule has 7 heteroatoms. The monoisotopic (exact) mass is 383 g/mol. The van der Waals surface area contributed by atoms with E-state index in [1.165, 1.54) is 0 Å². The molecule has 1 N–H and O–H groups in total. The molecule has 3 heterocycles. The molecule has 0 bridgehead atoms. The number of carbonyl (C=O) groups is 1. The number of fused-ring (bicyclic) bond motifs is 1. The third-order valence-electron chi connectivity index (χ3n) is 4.71. The van der Waals surface area contributed by atoms with E-state index in [9.17, 15) is 4.79 Å². The lowest BCUT2D eigenvalue weighted by molar-refractivity contribution is -0.136. The molecule has 0 unspecified atom stereocenters. The summed E-state index contributed by atoms with van der Waals surface area (Å²) in [6.07, 6.45) is 0.652. The van der Waals surface area contributed by atoms with Crippen LogP contribution < -0.4 is 9.47 Å². The van der Waals surface area contributed by atoms with E-state index in [2.05, 4.69) is 10.2 Å². The van der Waals surface area contributed by atoms with Gasteiger partial charge in [0.2, 0.25) is 5.91 Å². The molecule has 0 aliphatic carbocycles. The van der Waals surface area contributed by atoms with Crippen LogP contribution in [-0.4, -0.2) is 41.8 Å². The molecule has 0 radical (unpaired) electrons. The molecule has 0 fully saturated rings. The number of ether oxygens (including phenoxy) is 2. The number of hydrogen-bond acceptors (Lipinski definition) is 5. The average Bonchev–Trinajstić information content (AvgIpc) is 3.38. The Kier molecular flexibility index (Phi) is 4.85. The Bertz CT molecular complexity index is 936. The van der Waals surface area contributed by atoms with E-state index in [0.29, 0.717) is 25.3 Å². The van der Waals surface area contributed by atoms with Gasteiger partial charge in [-0.2, -0.15) is 5.10 Å². The molecule has 4 rings (SSSR count). The van der Waals surface area contributed by atoms with Gasteiger partial charge in [-0.3, -0.25) is 9.89 Å². The molecule has 1 aromatic carbocycles. The third kappa shape index (κ3) is 3.55. The summed E-state index contributed by atoms with van der Waals surface area (Å²) < 4.78 is 11.2. The first-order valence-corrected chi connectivity index (χ1v) is 9.65. The van der Waals surface area contributed by atoms with Crippen LogP contribution in [0.15, 0.2) is 41.8 Å². The SMILES string of the molecule is COc1cccc2c1OC[C@@H](C(=O)N(C)Cc1cc(-c3cccs3)n[nH]1)C2. The van der Waals surface area contributed by atoms with E-state index in [-0.39, 0.29) is 11.8 Å². The second-order valence-electron chi connectivity index (χ2n) is 6.61. The first kappa shape index (κ1) is 17.6. The summed E-state index contributed by atoms with van der Waals surface area (Å²) in [6, 6.07) is 11.8. The van der Waals surface area contributed by atoms with Gasteiger partial charge >= 0.3 is 0 Å². The van der Waals surface area contributed by atoms with E-state index >= 15 is 0 Å². The van der Waals surface area contributed by atoms with Gasteiger partial charge in [0, 0.05) is 7.05 Å². The number of rotatable bonds is 5. The quantitative estimate of drug-likeness (QED) is 0.734. The van der Waals surface area contributed by atoms with Crippen molar-refractivity contribution in [3.05, 3.63) is 53.0 Å². The first-order valence-electron chi connectivity index (χ1n) is 8.77. The first-order chi connectivity index (χ1) is 13.2. The number of aromatic nitrogens is 2. The van der Waals surface area contributed by atoms with Crippen LogP contribution in [0.2, 0.25) is 0 Å². The molecule has 1 atom stereocenters. The molecule has 140 valence electrons. The molecule has 0 saturated carbocycles. The van der Waals surface area contributed by atoms with Crippen molar-refractivity contribution in [3.63, 3.8) is 0 Å². The van der Waals surface area contributed by atoms with Crippen LogP contribution in [-0.2, 0) is 17.8 Å². The number of nitrogens with zero attached hydrogens (tertiary/aromatic N) is 2. The van der Waals surface area contributed by atoms with E-state index < -0.39 is 0 Å². The zero-order valence-corrected chi connectivity index (χ0v) is 16.1. The van der Waals surface area contributed by atoms with Crippen molar-refractivity contribution < 1.29 is 14.3 Å². The Morgan fingerprint density at radius 3 is 3.07 bits per heavy atom. The van der Waals surface area contributed by atoms with Gasteiger partial charge < -0.3 is 14.4 Å². The number of benzene rings is 1. The highest BCUT2D eigenvalue weighted by molar-refractivity contribution is 7.13. The van der Waals surface area contributed by atoms with Crippen LogP contribution >= 0.6 is 11.3 Å². The van der Waals surface area contributed by atoms with Crippen molar-refractivity contribution in [1.82, 2.24) is 15.1 Å². The number of para-hydroxylation sites is 1. The van der Waals surface area contributed by atoms with E-state index in [0.717, 1.165) is 27.6 Å². The van der Waals surface area contributed by atoms with Gasteiger partial charge in [0.1, 0.15) is 12.3 Å². The number of nitrogens with one attached hydrogen (secondary N) is 1. The van der Waals surface area contributed by atoms with Gasteiger partial charge in [0.05, 0.1) is 30.1 Å². The third-order valence-corrected chi connectivity index (χ3v) is 5.61. The normalized spacial score (nSPS) is 15.7. The molecule has 0 spiro atoms. The molecular formula is C20H21N3O3S. The van der Waals surface area contributed by atoms with Gasteiger partial charge in [0.25, 0.3) is 0 Å². The van der Waals surface area contributed by atoms with Crippen molar-refractivity contribution in [1.29, 1.82) is 0 Å². The maximum atomic E-state index is 12.9. The minimum atomic E-state index is -0.200. The van der Waals surface area contributed by atoms with Gasteiger partial charge in [0.15, 0.2) is 11.5 Å². The lowest BCUT2D eigenvalue weighted by Gasteiger charge is -2.28. The Morgan fingerprint density at radius 2 is 2.30 bits per heavy atom. The summed E-state index contributed by atoms with van der Waals surface area (Å²) in [5.74, 6) is 1.33. The minimum Gasteiger partial charge on any atom is -0.493 e. The average molecular weight is 383 g/mol. The van der Waals surface area contributed by atoms with Gasteiger partial charge in [-0.1, -0.05) is 18.2 Å². The van der Waals surface area contributed by atoms with Crippen molar-refractivity contribution in [2.24, 2.45) is 5.92 Å². The smallest absolute Gasteiger partial charge is 0.229 e. The molecule has 1 amide bonds. The molecule has 1 aliphatic rings. The Morgan fingerprint density at radius 1 is 1.41 bits per heavy atom. The maximum Gasteiger partial charge on any atom is 0.229 e. The molecule has 6 nitrogen and oxygen atoms in total. The van der Waals surface area contributed by atoms with Crippen LogP contribution in [0.3, 0.4) is 0 Å². The van der Waals surface area contributed by atoms with E-state index in [4.69, 9.17) is 9.47 Å². The van der Waals surface area contributed by atoms with Crippen molar-refractivity contribution >= 4 is 17.2 Å². The minimum absolute atomic E-state index is 0.0655. The van der Waals surface area contributed by atoms with Crippen LogP contribution in [0.25, 0.3) is 10.6 Å². The number of H-pyrrole nitrogens is 1. The Balaban J connectivity index is 1.42. The van der Waals surface area contributed by atoms with Gasteiger partial charge in [-0.25, -0.2) is 0 Å². The zero-order valence-electron chi connectivity index (χ0n) is 15.3. The standard InChI is InChI=1S/C20H21N3O3S/c1-23(11-15-10-16(22-21-15)18-7-4-8-27-18)20(24)14-9-13-5-3-6-17(25-2)19(13)26-12-14/h3-8,10,14H,9,11-12H2,1-2H3,(H,21,22)/t14-/m0/s1. The van der Waals surface area contributed by atoms with Crippen molar-refractivity contribution in [2.45, 2.75) is 13.0 Å².